The molecular weight excluding hydrogens is 475 g/mol. The van der Waals surface area contributed by atoms with Crippen molar-refractivity contribution in [2.24, 2.45) is 0 Å². The van der Waals surface area contributed by atoms with Gasteiger partial charge in [-0.25, -0.2) is 24.1 Å². The lowest BCUT2D eigenvalue weighted by Crippen LogP contribution is -2.54. The molecule has 1 fully saturated rings. The van der Waals surface area contributed by atoms with Crippen LogP contribution < -0.4 is 5.56 Å². The molecule has 0 spiro atoms. The highest BCUT2D eigenvalue weighted by Gasteiger charge is 2.40. The standard InChI is InChI=1S/C27H31FN6O3/c1-16-14-32-15-17(11-20(28)23(32)30-16)22-29-13-19-21(31-22)8-9-33(24(19)35)18-7-10-34(27(5,6)12-18)25(36)37-26(2,3)4/h8-9,11,13-15,18H,7,10,12H2,1-6H3/t18-/m1/s1. The molecule has 9 nitrogen and oxygen atoms in total. The van der Waals surface area contributed by atoms with Gasteiger partial charge in [0, 0.05) is 48.5 Å². The van der Waals surface area contributed by atoms with Gasteiger partial charge in [0.15, 0.2) is 17.3 Å². The summed E-state index contributed by atoms with van der Waals surface area (Å²) in [6, 6.07) is 3.04. The number of ether oxygens (including phenoxy) is 1. The Hall–Kier alpha value is -3.82. The van der Waals surface area contributed by atoms with Gasteiger partial charge in [0.1, 0.15) is 5.60 Å². The number of aromatic nitrogens is 5. The summed E-state index contributed by atoms with van der Waals surface area (Å²) in [5, 5.41) is 0.388. The van der Waals surface area contributed by atoms with E-state index in [1.54, 1.807) is 45.4 Å². The molecule has 1 aliphatic heterocycles. The van der Waals surface area contributed by atoms with Crippen LogP contribution in [0, 0.1) is 12.7 Å². The predicted octanol–water partition coefficient (Wildman–Crippen LogP) is 4.90. The Bertz CT molecular complexity index is 1580. The van der Waals surface area contributed by atoms with Crippen LogP contribution in [-0.2, 0) is 4.74 Å². The van der Waals surface area contributed by atoms with Gasteiger partial charge in [-0.3, -0.25) is 4.79 Å². The van der Waals surface area contributed by atoms with E-state index in [9.17, 15) is 14.0 Å². The molecule has 0 bridgehead atoms. The SMILES string of the molecule is Cc1cn2cc(-c3ncc4c(=O)n([C@@H]5CCN(C(=O)OC(C)(C)C)C(C)(C)C5)ccc4n3)cc(F)c2n1. The Labute approximate surface area is 213 Å². The van der Waals surface area contributed by atoms with Crippen molar-refractivity contribution in [3.63, 3.8) is 0 Å². The number of piperidine rings is 1. The van der Waals surface area contributed by atoms with Crippen molar-refractivity contribution in [1.82, 2.24) is 28.8 Å². The Morgan fingerprint density at radius 1 is 1.22 bits per heavy atom. The van der Waals surface area contributed by atoms with Gasteiger partial charge in [-0.15, -0.1) is 0 Å². The number of nitrogens with zero attached hydrogens (tertiary/aromatic N) is 6. The number of rotatable bonds is 2. The van der Waals surface area contributed by atoms with E-state index >= 15 is 0 Å². The van der Waals surface area contributed by atoms with Crippen molar-refractivity contribution in [1.29, 1.82) is 0 Å². The second-order valence-corrected chi connectivity index (χ2v) is 11.3. The summed E-state index contributed by atoms with van der Waals surface area (Å²) < 4.78 is 23.5. The zero-order valence-corrected chi connectivity index (χ0v) is 21.9. The van der Waals surface area contributed by atoms with E-state index in [4.69, 9.17) is 4.74 Å². The number of hydrogen-bond donors (Lipinski definition) is 0. The smallest absolute Gasteiger partial charge is 0.410 e. The summed E-state index contributed by atoms with van der Waals surface area (Å²) in [6.07, 6.45) is 7.57. The number of hydrogen-bond acceptors (Lipinski definition) is 6. The minimum absolute atomic E-state index is 0.0914. The number of fused-ring (bicyclic) bond motifs is 2. The number of imidazole rings is 1. The van der Waals surface area contributed by atoms with Crippen molar-refractivity contribution in [3.8, 4) is 11.4 Å². The summed E-state index contributed by atoms with van der Waals surface area (Å²) in [6.45, 7) is 11.8. The van der Waals surface area contributed by atoms with Crippen LogP contribution in [0.3, 0.4) is 0 Å². The van der Waals surface area contributed by atoms with E-state index < -0.39 is 17.0 Å². The highest BCUT2D eigenvalue weighted by Crippen LogP contribution is 2.35. The average molecular weight is 507 g/mol. The molecule has 1 saturated heterocycles. The molecular formula is C27H31FN6O3. The van der Waals surface area contributed by atoms with Crippen LogP contribution in [0.15, 0.2) is 41.7 Å². The number of amides is 1. The first-order valence-electron chi connectivity index (χ1n) is 12.4. The lowest BCUT2D eigenvalue weighted by Gasteiger charge is -2.45. The van der Waals surface area contributed by atoms with Gasteiger partial charge in [0.05, 0.1) is 16.6 Å². The Morgan fingerprint density at radius 2 is 1.97 bits per heavy atom. The maximum atomic E-state index is 14.6. The van der Waals surface area contributed by atoms with Crippen molar-refractivity contribution in [3.05, 3.63) is 58.8 Å². The predicted molar refractivity (Wildman–Crippen MR) is 138 cm³/mol. The molecule has 5 heterocycles. The van der Waals surface area contributed by atoms with Crippen LogP contribution in [0.25, 0.3) is 27.9 Å². The summed E-state index contributed by atoms with van der Waals surface area (Å²) in [7, 11) is 0. The topological polar surface area (TPSA) is 94.6 Å². The highest BCUT2D eigenvalue weighted by atomic mass is 19.1. The number of likely N-dealkylation sites (tertiary alicyclic amines) is 1. The van der Waals surface area contributed by atoms with Crippen LogP contribution in [0.4, 0.5) is 9.18 Å². The minimum Gasteiger partial charge on any atom is -0.444 e. The molecule has 0 unspecified atom stereocenters. The maximum absolute atomic E-state index is 14.6. The second-order valence-electron chi connectivity index (χ2n) is 11.3. The Balaban J connectivity index is 1.43. The Kier molecular flexibility index (Phi) is 5.80. The molecule has 0 radical (unpaired) electrons. The number of carbonyl (C=O) groups excluding carboxylic acids is 1. The number of carbonyl (C=O) groups is 1. The summed E-state index contributed by atoms with van der Waals surface area (Å²) >= 11 is 0. The van der Waals surface area contributed by atoms with Gasteiger partial charge in [0.25, 0.3) is 5.56 Å². The van der Waals surface area contributed by atoms with Crippen LogP contribution in [0.2, 0.25) is 0 Å². The highest BCUT2D eigenvalue weighted by molar-refractivity contribution is 5.78. The van der Waals surface area contributed by atoms with Crippen molar-refractivity contribution >= 4 is 22.6 Å². The quantitative estimate of drug-likeness (QED) is 0.384. The van der Waals surface area contributed by atoms with Crippen LogP contribution in [-0.4, -0.2) is 52.6 Å². The molecule has 10 heteroatoms. The van der Waals surface area contributed by atoms with Gasteiger partial charge in [0.2, 0.25) is 0 Å². The first-order chi connectivity index (χ1) is 17.3. The van der Waals surface area contributed by atoms with Crippen molar-refractivity contribution < 1.29 is 13.9 Å². The maximum Gasteiger partial charge on any atom is 0.410 e. The first-order valence-corrected chi connectivity index (χ1v) is 12.4. The van der Waals surface area contributed by atoms with E-state index in [2.05, 4.69) is 15.0 Å². The van der Waals surface area contributed by atoms with Gasteiger partial charge in [-0.2, -0.15) is 0 Å². The van der Waals surface area contributed by atoms with E-state index in [-0.39, 0.29) is 23.3 Å². The summed E-state index contributed by atoms with van der Waals surface area (Å²) in [5.74, 6) is -0.145. The third kappa shape index (κ3) is 4.68. The average Bonchev–Trinajstić information content (AvgIpc) is 3.18. The lowest BCUT2D eigenvalue weighted by molar-refractivity contribution is -0.0136. The Morgan fingerprint density at radius 3 is 2.68 bits per heavy atom. The monoisotopic (exact) mass is 506 g/mol. The molecule has 0 aliphatic carbocycles. The van der Waals surface area contributed by atoms with E-state index in [1.165, 1.54) is 12.3 Å². The molecule has 194 valence electrons. The zero-order chi connectivity index (χ0) is 26.7. The molecule has 4 aromatic heterocycles. The third-order valence-electron chi connectivity index (χ3n) is 6.72. The fraction of sp³-hybridized carbons (Fsp3) is 0.444. The molecule has 1 atom stereocenters. The molecule has 0 N–H and O–H groups in total. The number of pyridine rings is 2. The van der Waals surface area contributed by atoms with Crippen LogP contribution >= 0.6 is 0 Å². The van der Waals surface area contributed by atoms with Crippen molar-refractivity contribution in [2.45, 2.75) is 71.6 Å². The fourth-order valence-corrected chi connectivity index (χ4v) is 5.04. The molecule has 0 aromatic carbocycles. The molecule has 4 aromatic rings. The molecule has 1 aliphatic rings. The van der Waals surface area contributed by atoms with Gasteiger partial charge in [-0.05, 0) is 66.5 Å². The largest absolute Gasteiger partial charge is 0.444 e. The summed E-state index contributed by atoms with van der Waals surface area (Å²) in [5.41, 5.74) is 0.662. The number of halogens is 1. The van der Waals surface area contributed by atoms with E-state index in [0.717, 1.165) is 0 Å². The van der Waals surface area contributed by atoms with Crippen LogP contribution in [0.1, 0.15) is 59.2 Å². The molecule has 5 rings (SSSR count). The first kappa shape index (κ1) is 24.9. The molecule has 0 saturated carbocycles. The number of aryl methyl sites for hydroxylation is 1. The summed E-state index contributed by atoms with van der Waals surface area (Å²) in [4.78, 5) is 41.0. The van der Waals surface area contributed by atoms with Gasteiger partial charge >= 0.3 is 6.09 Å². The molecule has 37 heavy (non-hydrogen) atoms. The van der Waals surface area contributed by atoms with Crippen molar-refractivity contribution in [2.75, 3.05) is 6.54 Å². The van der Waals surface area contributed by atoms with Crippen LogP contribution in [0.5, 0.6) is 0 Å². The normalized spacial score (nSPS) is 17.9. The van der Waals surface area contributed by atoms with E-state index in [1.807, 2.05) is 34.6 Å². The fourth-order valence-electron chi connectivity index (χ4n) is 5.04. The second kappa shape index (κ2) is 8.64. The lowest BCUT2D eigenvalue weighted by atomic mass is 9.87. The third-order valence-corrected chi connectivity index (χ3v) is 6.72. The van der Waals surface area contributed by atoms with Gasteiger partial charge in [-0.1, -0.05) is 0 Å². The zero-order valence-electron chi connectivity index (χ0n) is 21.9. The molecule has 1 amide bonds. The minimum atomic E-state index is -0.576. The van der Waals surface area contributed by atoms with Gasteiger partial charge < -0.3 is 18.6 Å². The van der Waals surface area contributed by atoms with E-state index in [0.29, 0.717) is 47.4 Å².